The fourth-order valence-corrected chi connectivity index (χ4v) is 3.42. The molecule has 0 atom stereocenters. The molecule has 0 bridgehead atoms. The molecule has 0 saturated carbocycles. The van der Waals surface area contributed by atoms with E-state index in [1.54, 1.807) is 12.1 Å². The zero-order valence-electron chi connectivity index (χ0n) is 14.3. The van der Waals surface area contributed by atoms with Gasteiger partial charge in [0.1, 0.15) is 5.82 Å². The first kappa shape index (κ1) is 15.7. The van der Waals surface area contributed by atoms with Gasteiger partial charge in [-0.1, -0.05) is 43.0 Å². The number of hydrogen-bond donors (Lipinski definition) is 0. The lowest BCUT2D eigenvalue weighted by Crippen LogP contribution is -2.05. The Morgan fingerprint density at radius 2 is 1.36 bits per heavy atom. The van der Waals surface area contributed by atoms with Crippen LogP contribution in [0.5, 0.6) is 0 Å². The number of rotatable bonds is 1. The van der Waals surface area contributed by atoms with Crippen molar-refractivity contribution in [2.45, 2.75) is 26.2 Å². The molecule has 122 valence electrons. The number of hydrogen-bond acceptors (Lipinski definition) is 0. The summed E-state index contributed by atoms with van der Waals surface area (Å²) in [5.74, 6) is 6.08. The van der Waals surface area contributed by atoms with Crippen LogP contribution < -0.4 is 0 Å². The number of benzene rings is 3. The summed E-state index contributed by atoms with van der Waals surface area (Å²) in [6.45, 7) is 2.20. The Labute approximate surface area is 148 Å². The van der Waals surface area contributed by atoms with E-state index in [-0.39, 0.29) is 5.82 Å². The van der Waals surface area contributed by atoms with Crippen molar-refractivity contribution in [3.05, 3.63) is 94.3 Å². The molecule has 0 aliphatic heterocycles. The third kappa shape index (κ3) is 3.21. The second-order valence-corrected chi connectivity index (χ2v) is 6.47. The Morgan fingerprint density at radius 1 is 0.760 bits per heavy atom. The largest absolute Gasteiger partial charge is 0.207 e. The SMILES string of the molecule is CCc1ccc2c(c1)CCc1cc(C#Cc3ccc(F)cc3)ccc1-2. The van der Waals surface area contributed by atoms with Crippen LogP contribution in [0, 0.1) is 17.7 Å². The first-order chi connectivity index (χ1) is 12.2. The van der Waals surface area contributed by atoms with Gasteiger partial charge in [-0.2, -0.15) is 0 Å². The van der Waals surface area contributed by atoms with Crippen molar-refractivity contribution in [1.82, 2.24) is 0 Å². The van der Waals surface area contributed by atoms with Crippen molar-refractivity contribution >= 4 is 0 Å². The molecule has 25 heavy (non-hydrogen) atoms. The van der Waals surface area contributed by atoms with Gasteiger partial charge in [0, 0.05) is 11.1 Å². The predicted octanol–water partition coefficient (Wildman–Crippen LogP) is 5.55. The monoisotopic (exact) mass is 326 g/mol. The van der Waals surface area contributed by atoms with Crippen molar-refractivity contribution in [3.8, 4) is 23.0 Å². The average Bonchev–Trinajstić information content (AvgIpc) is 2.66. The highest BCUT2D eigenvalue weighted by molar-refractivity contribution is 5.74. The second-order valence-electron chi connectivity index (χ2n) is 6.47. The molecule has 3 aromatic rings. The standard InChI is InChI=1S/C24H19F/c1-2-17-7-13-23-20(15-17)9-10-21-16-19(8-14-24(21)23)4-3-18-5-11-22(25)12-6-18/h5-8,11-16H,2,9-10H2,1H3. The summed E-state index contributed by atoms with van der Waals surface area (Å²) >= 11 is 0. The van der Waals surface area contributed by atoms with Crippen LogP contribution >= 0.6 is 0 Å². The van der Waals surface area contributed by atoms with Gasteiger partial charge in [-0.25, -0.2) is 4.39 Å². The maximum absolute atomic E-state index is 13.0. The van der Waals surface area contributed by atoms with E-state index in [4.69, 9.17) is 0 Å². The van der Waals surface area contributed by atoms with Gasteiger partial charge >= 0.3 is 0 Å². The van der Waals surface area contributed by atoms with Crippen molar-refractivity contribution in [3.63, 3.8) is 0 Å². The molecule has 0 nitrogen and oxygen atoms in total. The van der Waals surface area contributed by atoms with Crippen molar-refractivity contribution in [1.29, 1.82) is 0 Å². The molecular formula is C24H19F. The van der Waals surface area contributed by atoms with E-state index in [1.165, 1.54) is 39.9 Å². The molecular weight excluding hydrogens is 307 g/mol. The van der Waals surface area contributed by atoms with Gasteiger partial charge in [-0.05, 0) is 83.5 Å². The van der Waals surface area contributed by atoms with Crippen LogP contribution in [0.1, 0.15) is 34.7 Å². The van der Waals surface area contributed by atoms with Crippen LogP contribution in [0.4, 0.5) is 4.39 Å². The third-order valence-corrected chi connectivity index (χ3v) is 4.83. The normalized spacial score (nSPS) is 11.9. The smallest absolute Gasteiger partial charge is 0.123 e. The zero-order valence-corrected chi connectivity index (χ0v) is 14.3. The molecule has 4 rings (SSSR count). The first-order valence-electron chi connectivity index (χ1n) is 8.75. The average molecular weight is 326 g/mol. The topological polar surface area (TPSA) is 0 Å². The van der Waals surface area contributed by atoms with Gasteiger partial charge in [-0.15, -0.1) is 0 Å². The zero-order chi connectivity index (χ0) is 17.2. The molecule has 1 heteroatoms. The van der Waals surface area contributed by atoms with E-state index >= 15 is 0 Å². The fraction of sp³-hybridized carbons (Fsp3) is 0.167. The lowest BCUT2D eigenvalue weighted by Gasteiger charge is -2.20. The maximum atomic E-state index is 13.0. The molecule has 0 spiro atoms. The molecule has 0 fully saturated rings. The van der Waals surface area contributed by atoms with Crippen molar-refractivity contribution < 1.29 is 4.39 Å². The maximum Gasteiger partial charge on any atom is 0.123 e. The predicted molar refractivity (Wildman–Crippen MR) is 101 cm³/mol. The summed E-state index contributed by atoms with van der Waals surface area (Å²) in [4.78, 5) is 0. The Hall–Kier alpha value is -2.85. The number of aryl methyl sites for hydroxylation is 3. The van der Waals surface area contributed by atoms with Crippen LogP contribution in [-0.4, -0.2) is 0 Å². The van der Waals surface area contributed by atoms with Gasteiger partial charge < -0.3 is 0 Å². The van der Waals surface area contributed by atoms with E-state index < -0.39 is 0 Å². The van der Waals surface area contributed by atoms with Gasteiger partial charge in [0.25, 0.3) is 0 Å². The quantitative estimate of drug-likeness (QED) is 0.514. The van der Waals surface area contributed by atoms with Gasteiger partial charge in [0.05, 0.1) is 0 Å². The van der Waals surface area contributed by atoms with E-state index in [1.807, 2.05) is 0 Å². The molecule has 1 aliphatic carbocycles. The Morgan fingerprint density at radius 3 is 2.08 bits per heavy atom. The van der Waals surface area contributed by atoms with Crippen LogP contribution in [0.15, 0.2) is 60.7 Å². The van der Waals surface area contributed by atoms with E-state index in [2.05, 4.69) is 55.2 Å². The molecule has 0 saturated heterocycles. The van der Waals surface area contributed by atoms with E-state index in [0.717, 1.165) is 30.4 Å². The highest BCUT2D eigenvalue weighted by Crippen LogP contribution is 2.34. The highest BCUT2D eigenvalue weighted by atomic mass is 19.1. The fourth-order valence-electron chi connectivity index (χ4n) is 3.42. The van der Waals surface area contributed by atoms with Gasteiger partial charge in [-0.3, -0.25) is 0 Å². The van der Waals surface area contributed by atoms with Crippen LogP contribution in [0.25, 0.3) is 11.1 Å². The minimum atomic E-state index is -0.232. The van der Waals surface area contributed by atoms with Crippen LogP contribution in [0.3, 0.4) is 0 Å². The second kappa shape index (κ2) is 6.57. The van der Waals surface area contributed by atoms with Crippen LogP contribution in [0.2, 0.25) is 0 Å². The number of fused-ring (bicyclic) bond motifs is 3. The molecule has 3 aromatic carbocycles. The molecule has 0 amide bonds. The summed E-state index contributed by atoms with van der Waals surface area (Å²) < 4.78 is 13.0. The Balaban J connectivity index is 1.66. The van der Waals surface area contributed by atoms with Crippen LogP contribution in [-0.2, 0) is 19.3 Å². The van der Waals surface area contributed by atoms with Gasteiger partial charge in [0.2, 0.25) is 0 Å². The van der Waals surface area contributed by atoms with Crippen molar-refractivity contribution in [2.24, 2.45) is 0 Å². The lowest BCUT2D eigenvalue weighted by molar-refractivity contribution is 0.627. The van der Waals surface area contributed by atoms with Crippen molar-refractivity contribution in [2.75, 3.05) is 0 Å². The molecule has 0 radical (unpaired) electrons. The van der Waals surface area contributed by atoms with Gasteiger partial charge in [0.15, 0.2) is 0 Å². The van der Waals surface area contributed by atoms with E-state index in [9.17, 15) is 4.39 Å². The molecule has 0 N–H and O–H groups in total. The summed E-state index contributed by atoms with van der Waals surface area (Å²) in [5.41, 5.74) is 8.75. The molecule has 1 aliphatic rings. The minimum absolute atomic E-state index is 0.232. The molecule has 0 aromatic heterocycles. The summed E-state index contributed by atoms with van der Waals surface area (Å²) in [5, 5.41) is 0. The minimum Gasteiger partial charge on any atom is -0.207 e. The first-order valence-corrected chi connectivity index (χ1v) is 8.75. The number of halogens is 1. The third-order valence-electron chi connectivity index (χ3n) is 4.83. The lowest BCUT2D eigenvalue weighted by atomic mass is 9.84. The summed E-state index contributed by atoms with van der Waals surface area (Å²) in [6.07, 6.45) is 3.23. The highest BCUT2D eigenvalue weighted by Gasteiger charge is 2.16. The Bertz CT molecular complexity index is 985. The Kier molecular flexibility index (Phi) is 4.12. The van der Waals surface area contributed by atoms with E-state index in [0.29, 0.717) is 0 Å². The molecule has 0 heterocycles. The summed E-state index contributed by atoms with van der Waals surface area (Å²) in [7, 11) is 0. The summed E-state index contributed by atoms with van der Waals surface area (Å²) in [6, 6.07) is 19.6. The molecule has 0 unspecified atom stereocenters.